The molecule has 1 fully saturated rings. The van der Waals surface area contributed by atoms with Gasteiger partial charge in [0.1, 0.15) is 12.4 Å². The highest BCUT2D eigenvalue weighted by molar-refractivity contribution is 7.88. The summed E-state index contributed by atoms with van der Waals surface area (Å²) in [6.07, 6.45) is 4.53. The number of fused-ring (bicyclic) bond motifs is 4. The average Bonchev–Trinajstić information content (AvgIpc) is 3.08. The first kappa shape index (κ1) is 29.3. The number of hydrogen-bond donors (Lipinski definition) is 2. The van der Waals surface area contributed by atoms with Crippen LogP contribution in [0.1, 0.15) is 37.8 Å². The maximum atomic E-state index is 15.6. The van der Waals surface area contributed by atoms with E-state index in [4.69, 9.17) is 9.88 Å². The van der Waals surface area contributed by atoms with Crippen molar-refractivity contribution in [1.29, 1.82) is 0 Å². The SMILES string of the molecule is CC(C)NCCOc1ncc(-c2cc3c4c(cnc3cc2F)N(C)C(=O)C42CC(CN(C)C)C2)cc1CS(N)(=O)=O. The van der Waals surface area contributed by atoms with Crippen molar-refractivity contribution in [3.05, 3.63) is 47.5 Å². The van der Waals surface area contributed by atoms with E-state index in [0.717, 1.165) is 17.8 Å². The molecule has 1 saturated carbocycles. The second kappa shape index (κ2) is 10.9. The normalized spacial score (nSPS) is 20.4. The van der Waals surface area contributed by atoms with Crippen molar-refractivity contribution in [2.45, 2.75) is 43.9 Å². The largest absolute Gasteiger partial charge is 0.476 e. The molecule has 2 aliphatic rings. The summed E-state index contributed by atoms with van der Waals surface area (Å²) < 4.78 is 45.3. The van der Waals surface area contributed by atoms with Gasteiger partial charge in [-0.05, 0) is 45.0 Å². The lowest BCUT2D eigenvalue weighted by molar-refractivity contribution is -0.127. The number of sulfonamides is 1. The van der Waals surface area contributed by atoms with Gasteiger partial charge in [-0.1, -0.05) is 13.8 Å². The summed E-state index contributed by atoms with van der Waals surface area (Å²) in [6.45, 7) is 5.70. The van der Waals surface area contributed by atoms with Crippen molar-refractivity contribution in [1.82, 2.24) is 20.2 Å². The van der Waals surface area contributed by atoms with Crippen molar-refractivity contribution >= 4 is 32.5 Å². The van der Waals surface area contributed by atoms with Gasteiger partial charge in [0.2, 0.25) is 21.8 Å². The first-order valence-electron chi connectivity index (χ1n) is 13.7. The molecule has 5 rings (SSSR count). The summed E-state index contributed by atoms with van der Waals surface area (Å²) in [5.74, 6) is -0.501. The summed E-state index contributed by atoms with van der Waals surface area (Å²) >= 11 is 0. The molecule has 1 aliphatic carbocycles. The maximum absolute atomic E-state index is 15.6. The molecule has 1 aromatic carbocycles. The van der Waals surface area contributed by atoms with Crippen LogP contribution in [0.25, 0.3) is 22.0 Å². The number of anilines is 1. The molecule has 3 N–H and O–H groups in total. The molecule has 0 unspecified atom stereocenters. The zero-order valence-electron chi connectivity index (χ0n) is 24.1. The van der Waals surface area contributed by atoms with E-state index in [1.165, 1.54) is 12.3 Å². The highest BCUT2D eigenvalue weighted by atomic mass is 32.2. The molecule has 12 heteroatoms. The molecule has 0 atom stereocenters. The van der Waals surface area contributed by atoms with Gasteiger partial charge in [-0.2, -0.15) is 0 Å². The topological polar surface area (TPSA) is 131 Å². The molecule has 1 spiro atoms. The zero-order chi connectivity index (χ0) is 29.7. The minimum absolute atomic E-state index is 0.0354. The van der Waals surface area contributed by atoms with E-state index < -0.39 is 27.0 Å². The van der Waals surface area contributed by atoms with Gasteiger partial charge in [0.25, 0.3) is 0 Å². The van der Waals surface area contributed by atoms with Gasteiger partial charge in [0, 0.05) is 66.1 Å². The van der Waals surface area contributed by atoms with Crippen LogP contribution in [0.15, 0.2) is 30.6 Å². The number of hydrogen-bond acceptors (Lipinski definition) is 8. The number of rotatable bonds is 10. The van der Waals surface area contributed by atoms with Gasteiger partial charge in [0.15, 0.2) is 0 Å². The number of likely N-dealkylation sites (N-methyl/N-ethyl adjacent to an activating group) is 1. The fourth-order valence-electron chi connectivity index (χ4n) is 6.26. The molecule has 41 heavy (non-hydrogen) atoms. The number of halogens is 1. The Morgan fingerprint density at radius 3 is 2.61 bits per heavy atom. The summed E-state index contributed by atoms with van der Waals surface area (Å²) in [4.78, 5) is 26.1. The highest BCUT2D eigenvalue weighted by Gasteiger charge is 2.58. The average molecular weight is 585 g/mol. The van der Waals surface area contributed by atoms with Crippen LogP contribution in [0.2, 0.25) is 0 Å². The molecule has 1 amide bonds. The summed E-state index contributed by atoms with van der Waals surface area (Å²) in [5, 5.41) is 9.28. The van der Waals surface area contributed by atoms with Crippen LogP contribution in [-0.4, -0.2) is 76.1 Å². The van der Waals surface area contributed by atoms with Crippen LogP contribution in [0, 0.1) is 11.7 Å². The number of benzene rings is 1. The number of carbonyl (C=O) groups is 1. The van der Waals surface area contributed by atoms with E-state index in [2.05, 4.69) is 20.2 Å². The van der Waals surface area contributed by atoms with Gasteiger partial charge in [-0.25, -0.2) is 22.9 Å². The van der Waals surface area contributed by atoms with E-state index in [9.17, 15) is 13.2 Å². The Kier molecular flexibility index (Phi) is 7.79. The predicted molar refractivity (Wildman–Crippen MR) is 157 cm³/mol. The van der Waals surface area contributed by atoms with Crippen LogP contribution < -0.4 is 20.1 Å². The molecule has 0 bridgehead atoms. The maximum Gasteiger partial charge on any atom is 0.237 e. The second-order valence-electron chi connectivity index (χ2n) is 11.8. The molecule has 3 aromatic rings. The molecule has 3 heterocycles. The third-order valence-corrected chi connectivity index (χ3v) is 8.59. The summed E-state index contributed by atoms with van der Waals surface area (Å²) in [5.41, 5.74) is 2.24. The summed E-state index contributed by atoms with van der Waals surface area (Å²) in [7, 11) is 1.88. The second-order valence-corrected chi connectivity index (χ2v) is 13.4. The van der Waals surface area contributed by atoms with Crippen molar-refractivity contribution in [2.75, 3.05) is 45.7 Å². The van der Waals surface area contributed by atoms with Crippen molar-refractivity contribution in [2.24, 2.45) is 11.1 Å². The smallest absolute Gasteiger partial charge is 0.237 e. The number of pyridine rings is 2. The third-order valence-electron chi connectivity index (χ3n) is 7.87. The lowest BCUT2D eigenvalue weighted by Gasteiger charge is -2.45. The number of aromatic nitrogens is 2. The molecule has 0 saturated heterocycles. The number of ether oxygens (including phenoxy) is 1. The Morgan fingerprint density at radius 2 is 1.95 bits per heavy atom. The van der Waals surface area contributed by atoms with E-state index in [1.54, 1.807) is 30.3 Å². The van der Waals surface area contributed by atoms with Gasteiger partial charge < -0.3 is 19.9 Å². The Morgan fingerprint density at radius 1 is 1.22 bits per heavy atom. The Hall–Kier alpha value is -3.19. The fraction of sp³-hybridized carbons (Fsp3) is 0.483. The number of nitrogens with zero attached hydrogens (tertiary/aromatic N) is 4. The zero-order valence-corrected chi connectivity index (χ0v) is 24.9. The van der Waals surface area contributed by atoms with Crippen molar-refractivity contribution < 1.29 is 22.3 Å². The van der Waals surface area contributed by atoms with Crippen LogP contribution >= 0.6 is 0 Å². The van der Waals surface area contributed by atoms with Gasteiger partial charge in [-0.3, -0.25) is 9.78 Å². The van der Waals surface area contributed by atoms with E-state index in [1.807, 2.05) is 27.9 Å². The third kappa shape index (κ3) is 5.66. The number of amides is 1. The molecule has 10 nitrogen and oxygen atoms in total. The Bertz CT molecular complexity index is 1600. The lowest BCUT2D eigenvalue weighted by Crippen LogP contribution is -2.51. The van der Waals surface area contributed by atoms with Crippen molar-refractivity contribution in [3.8, 4) is 17.0 Å². The predicted octanol–water partition coefficient (Wildman–Crippen LogP) is 2.79. The summed E-state index contributed by atoms with van der Waals surface area (Å²) in [6, 6.07) is 4.87. The number of nitrogens with one attached hydrogen (secondary N) is 1. The van der Waals surface area contributed by atoms with Crippen LogP contribution in [-0.2, 0) is 26.0 Å². The van der Waals surface area contributed by atoms with Crippen molar-refractivity contribution in [3.63, 3.8) is 0 Å². The van der Waals surface area contributed by atoms with Crippen LogP contribution in [0.4, 0.5) is 10.1 Å². The molecular weight excluding hydrogens is 547 g/mol. The highest BCUT2D eigenvalue weighted by Crippen LogP contribution is 2.57. The molecule has 220 valence electrons. The monoisotopic (exact) mass is 584 g/mol. The molecule has 2 aromatic heterocycles. The number of carbonyl (C=O) groups excluding carboxylic acids is 1. The number of nitrogens with two attached hydrogens (primary N) is 1. The van der Waals surface area contributed by atoms with E-state index >= 15 is 4.39 Å². The molecular formula is C29H37FN6O4S. The fourth-order valence-corrected chi connectivity index (χ4v) is 6.90. The van der Waals surface area contributed by atoms with Gasteiger partial charge in [-0.15, -0.1) is 0 Å². The quantitative estimate of drug-likeness (QED) is 0.348. The minimum atomic E-state index is -3.92. The van der Waals surface area contributed by atoms with E-state index in [0.29, 0.717) is 41.8 Å². The standard InChI is InChI=1S/C29H37FN6O4S/c1-17(2)32-6-7-40-27-20(16-41(31,38)39)8-19(13-34-27)21-9-22-24(10-23(21)30)33-14-25-26(22)29(28(37)36(25)5)11-18(12-29)15-35(3)4/h8-10,13-14,17-18,32H,6-7,11-12,15-16H2,1-5H3,(H2,31,38,39). The first-order valence-corrected chi connectivity index (χ1v) is 15.4. The van der Waals surface area contributed by atoms with Gasteiger partial charge in [0.05, 0.1) is 28.6 Å². The minimum Gasteiger partial charge on any atom is -0.476 e. The molecule has 1 aliphatic heterocycles. The Labute approximate surface area is 240 Å². The van der Waals surface area contributed by atoms with Gasteiger partial charge >= 0.3 is 0 Å². The first-order chi connectivity index (χ1) is 19.3. The lowest BCUT2D eigenvalue weighted by atomic mass is 9.58. The van der Waals surface area contributed by atoms with Crippen LogP contribution in [0.5, 0.6) is 5.88 Å². The Balaban J connectivity index is 1.57. The molecule has 0 radical (unpaired) electrons. The number of primary sulfonamides is 1. The van der Waals surface area contributed by atoms with Crippen LogP contribution in [0.3, 0.4) is 0 Å². The van der Waals surface area contributed by atoms with E-state index in [-0.39, 0.29) is 35.6 Å².